The molecule has 2 N–H and O–H groups in total. The first-order chi connectivity index (χ1) is 12.5. The molecule has 26 heavy (non-hydrogen) atoms. The van der Waals surface area contributed by atoms with E-state index in [0.29, 0.717) is 18.8 Å². The molecular formula is C18H26N2O5S. The lowest BCUT2D eigenvalue weighted by Crippen LogP contribution is -2.43. The summed E-state index contributed by atoms with van der Waals surface area (Å²) in [5.74, 6) is -0.158. The summed E-state index contributed by atoms with van der Waals surface area (Å²) < 4.78 is 38.6. The van der Waals surface area contributed by atoms with Gasteiger partial charge in [0.05, 0.1) is 30.3 Å². The van der Waals surface area contributed by atoms with Crippen molar-refractivity contribution < 1.29 is 22.7 Å². The highest BCUT2D eigenvalue weighted by atomic mass is 32.2. The van der Waals surface area contributed by atoms with Crippen LogP contribution in [0, 0.1) is 0 Å². The average Bonchev–Trinajstić information content (AvgIpc) is 3.28. The first-order valence-corrected chi connectivity index (χ1v) is 10.6. The van der Waals surface area contributed by atoms with Crippen LogP contribution in [0.5, 0.6) is 0 Å². The molecule has 1 aromatic carbocycles. The van der Waals surface area contributed by atoms with Gasteiger partial charge < -0.3 is 14.8 Å². The normalized spacial score (nSPS) is 24.0. The lowest BCUT2D eigenvalue weighted by atomic mass is 10.2. The van der Waals surface area contributed by atoms with Crippen molar-refractivity contribution in [1.82, 2.24) is 10.0 Å². The summed E-state index contributed by atoms with van der Waals surface area (Å²) in [6.45, 7) is 3.02. The van der Waals surface area contributed by atoms with Crippen molar-refractivity contribution in [3.8, 4) is 0 Å². The first-order valence-electron chi connectivity index (χ1n) is 9.12. The molecule has 8 heteroatoms. The molecule has 0 unspecified atom stereocenters. The van der Waals surface area contributed by atoms with E-state index in [-0.39, 0.29) is 29.6 Å². The SMILES string of the molecule is CCO[C@@H]1COC[C@H]1NS(=O)(=O)c1ccc(C(=O)NC2CCCC2)cc1. The monoisotopic (exact) mass is 382 g/mol. The van der Waals surface area contributed by atoms with E-state index in [1.54, 1.807) is 12.1 Å². The molecular weight excluding hydrogens is 356 g/mol. The number of hydrogen-bond donors (Lipinski definition) is 2. The summed E-state index contributed by atoms with van der Waals surface area (Å²) in [5, 5.41) is 2.99. The summed E-state index contributed by atoms with van der Waals surface area (Å²) in [7, 11) is -3.70. The molecule has 1 aliphatic carbocycles. The van der Waals surface area contributed by atoms with Gasteiger partial charge in [0.25, 0.3) is 5.91 Å². The minimum atomic E-state index is -3.70. The summed E-state index contributed by atoms with van der Waals surface area (Å²) in [4.78, 5) is 12.4. The van der Waals surface area contributed by atoms with Crippen LogP contribution >= 0.6 is 0 Å². The van der Waals surface area contributed by atoms with Gasteiger partial charge in [0.2, 0.25) is 10.0 Å². The topological polar surface area (TPSA) is 93.7 Å². The Morgan fingerprint density at radius 2 is 1.88 bits per heavy atom. The van der Waals surface area contributed by atoms with Crippen molar-refractivity contribution in [3.05, 3.63) is 29.8 Å². The minimum absolute atomic E-state index is 0.122. The molecule has 1 aromatic rings. The molecule has 1 amide bonds. The molecule has 2 fully saturated rings. The van der Waals surface area contributed by atoms with Gasteiger partial charge >= 0.3 is 0 Å². The van der Waals surface area contributed by atoms with Crippen molar-refractivity contribution in [2.45, 2.75) is 55.7 Å². The predicted molar refractivity (Wildman–Crippen MR) is 96.5 cm³/mol. The third-order valence-electron chi connectivity index (χ3n) is 4.83. The largest absolute Gasteiger partial charge is 0.377 e. The highest BCUT2D eigenvalue weighted by Crippen LogP contribution is 2.19. The molecule has 2 aliphatic rings. The summed E-state index contributed by atoms with van der Waals surface area (Å²) in [6.07, 6.45) is 4.01. The Bertz CT molecular complexity index is 714. The average molecular weight is 382 g/mol. The van der Waals surface area contributed by atoms with Gasteiger partial charge in [-0.1, -0.05) is 12.8 Å². The van der Waals surface area contributed by atoms with E-state index in [4.69, 9.17) is 9.47 Å². The van der Waals surface area contributed by atoms with Gasteiger partial charge in [-0.15, -0.1) is 0 Å². The number of rotatable bonds is 7. The highest BCUT2D eigenvalue weighted by Gasteiger charge is 2.32. The van der Waals surface area contributed by atoms with E-state index >= 15 is 0 Å². The number of ether oxygens (including phenoxy) is 2. The van der Waals surface area contributed by atoms with Gasteiger partial charge in [0.1, 0.15) is 0 Å². The summed E-state index contributed by atoms with van der Waals surface area (Å²) >= 11 is 0. The van der Waals surface area contributed by atoms with Crippen LogP contribution in [0.3, 0.4) is 0 Å². The minimum Gasteiger partial charge on any atom is -0.377 e. The number of amides is 1. The number of nitrogens with one attached hydrogen (secondary N) is 2. The van der Waals surface area contributed by atoms with Crippen molar-refractivity contribution in [2.24, 2.45) is 0 Å². The Hall–Kier alpha value is -1.48. The molecule has 1 aliphatic heterocycles. The van der Waals surface area contributed by atoms with Crippen molar-refractivity contribution in [3.63, 3.8) is 0 Å². The highest BCUT2D eigenvalue weighted by molar-refractivity contribution is 7.89. The molecule has 0 aromatic heterocycles. The van der Waals surface area contributed by atoms with Crippen molar-refractivity contribution >= 4 is 15.9 Å². The van der Waals surface area contributed by atoms with Crippen LogP contribution in [0.1, 0.15) is 43.0 Å². The molecule has 2 atom stereocenters. The van der Waals surface area contributed by atoms with Gasteiger partial charge in [0, 0.05) is 18.2 Å². The number of benzene rings is 1. The van der Waals surface area contributed by atoms with E-state index < -0.39 is 16.1 Å². The zero-order valence-electron chi connectivity index (χ0n) is 14.9. The number of sulfonamides is 1. The zero-order valence-corrected chi connectivity index (χ0v) is 15.8. The van der Waals surface area contributed by atoms with Crippen LogP contribution in [0.2, 0.25) is 0 Å². The van der Waals surface area contributed by atoms with Crippen LogP contribution in [-0.2, 0) is 19.5 Å². The quantitative estimate of drug-likeness (QED) is 0.744. The zero-order chi connectivity index (χ0) is 18.6. The fourth-order valence-corrected chi connectivity index (χ4v) is 4.66. The van der Waals surface area contributed by atoms with E-state index in [9.17, 15) is 13.2 Å². The Morgan fingerprint density at radius 1 is 1.19 bits per heavy atom. The Kier molecular flexibility index (Phi) is 6.29. The Morgan fingerprint density at radius 3 is 2.54 bits per heavy atom. The van der Waals surface area contributed by atoms with Gasteiger partial charge in [-0.3, -0.25) is 4.79 Å². The molecule has 1 heterocycles. The molecule has 0 bridgehead atoms. The maximum Gasteiger partial charge on any atom is 0.251 e. The molecule has 1 saturated heterocycles. The molecule has 144 valence electrons. The van der Waals surface area contributed by atoms with Crippen LogP contribution in [0.15, 0.2) is 29.2 Å². The van der Waals surface area contributed by atoms with E-state index in [0.717, 1.165) is 25.7 Å². The van der Waals surface area contributed by atoms with Gasteiger partial charge in [-0.05, 0) is 44.0 Å². The van der Waals surface area contributed by atoms with Gasteiger partial charge in [-0.2, -0.15) is 0 Å². The lowest BCUT2D eigenvalue weighted by Gasteiger charge is -2.19. The third-order valence-corrected chi connectivity index (χ3v) is 6.34. The molecule has 0 radical (unpaired) electrons. The smallest absolute Gasteiger partial charge is 0.251 e. The summed E-state index contributed by atoms with van der Waals surface area (Å²) in [5.41, 5.74) is 0.465. The standard InChI is InChI=1S/C18H26N2O5S/c1-2-25-17-12-24-11-16(17)20-26(22,23)15-9-7-13(8-10-15)18(21)19-14-5-3-4-6-14/h7-10,14,16-17,20H,2-6,11-12H2,1H3,(H,19,21)/t16-,17-/m1/s1. The van der Waals surface area contributed by atoms with Crippen LogP contribution < -0.4 is 10.0 Å². The maximum atomic E-state index is 12.6. The fraction of sp³-hybridized carbons (Fsp3) is 0.611. The number of carbonyl (C=O) groups is 1. The predicted octanol–water partition coefficient (Wildman–Crippen LogP) is 1.44. The molecule has 1 saturated carbocycles. The Labute approximate surface area is 154 Å². The molecule has 7 nitrogen and oxygen atoms in total. The lowest BCUT2D eigenvalue weighted by molar-refractivity contribution is 0.0440. The maximum absolute atomic E-state index is 12.6. The molecule has 3 rings (SSSR count). The third kappa shape index (κ3) is 4.62. The summed E-state index contributed by atoms with van der Waals surface area (Å²) in [6, 6.07) is 5.82. The van der Waals surface area contributed by atoms with Crippen LogP contribution in [0.25, 0.3) is 0 Å². The fourth-order valence-electron chi connectivity index (χ4n) is 3.41. The second kappa shape index (κ2) is 8.47. The van der Waals surface area contributed by atoms with Crippen molar-refractivity contribution in [1.29, 1.82) is 0 Å². The van der Waals surface area contributed by atoms with Crippen molar-refractivity contribution in [2.75, 3.05) is 19.8 Å². The first kappa shape index (κ1) is 19.3. The Balaban J connectivity index is 1.63. The van der Waals surface area contributed by atoms with Gasteiger partial charge in [-0.25, -0.2) is 13.1 Å². The molecule has 0 spiro atoms. The van der Waals surface area contributed by atoms with Gasteiger partial charge in [0.15, 0.2) is 0 Å². The van der Waals surface area contributed by atoms with E-state index in [1.807, 2.05) is 6.92 Å². The van der Waals surface area contributed by atoms with E-state index in [1.165, 1.54) is 12.1 Å². The second-order valence-electron chi connectivity index (χ2n) is 6.74. The van der Waals surface area contributed by atoms with Crippen LogP contribution in [0.4, 0.5) is 0 Å². The van der Waals surface area contributed by atoms with E-state index in [2.05, 4.69) is 10.0 Å². The second-order valence-corrected chi connectivity index (χ2v) is 8.45. The number of carbonyl (C=O) groups excluding carboxylic acids is 1. The van der Waals surface area contributed by atoms with Crippen LogP contribution in [-0.4, -0.2) is 52.3 Å². The number of hydrogen-bond acceptors (Lipinski definition) is 5.